The molecule has 1 heterocycles. The Balaban J connectivity index is 1.77. The Kier molecular flexibility index (Phi) is 6.39. The first-order chi connectivity index (χ1) is 14.0. The summed E-state index contributed by atoms with van der Waals surface area (Å²) >= 11 is 0. The molecule has 3 rings (SSSR count). The summed E-state index contributed by atoms with van der Waals surface area (Å²) in [6, 6.07) is 13.3. The summed E-state index contributed by atoms with van der Waals surface area (Å²) in [5.74, 6) is -1.93. The number of barbiturate groups is 1. The zero-order valence-electron chi connectivity index (χ0n) is 16.4. The molecule has 0 spiro atoms. The first-order valence-electron chi connectivity index (χ1n) is 9.49. The van der Waals surface area contributed by atoms with E-state index in [9.17, 15) is 14.4 Å². The van der Waals surface area contributed by atoms with Crippen LogP contribution in [-0.4, -0.2) is 31.2 Å². The third-order valence-corrected chi connectivity index (χ3v) is 4.66. The van der Waals surface area contributed by atoms with Crippen molar-refractivity contribution < 1.29 is 19.1 Å². The molecule has 1 atom stereocenters. The minimum Gasteiger partial charge on any atom is -0.497 e. The molecule has 7 heteroatoms. The number of carbonyl (C=O) groups excluding carboxylic acids is 3. The first kappa shape index (κ1) is 20.3. The fraction of sp³-hybridized carbons (Fsp3) is 0.273. The number of ether oxygens (including phenoxy) is 1. The van der Waals surface area contributed by atoms with Gasteiger partial charge in [0.15, 0.2) is 5.92 Å². The zero-order chi connectivity index (χ0) is 20.8. The van der Waals surface area contributed by atoms with Gasteiger partial charge in [0, 0.05) is 6.21 Å². The minimum atomic E-state index is -1.19. The van der Waals surface area contributed by atoms with Crippen LogP contribution in [0.25, 0.3) is 0 Å². The lowest BCUT2D eigenvalue weighted by atomic mass is 10.1. The molecule has 0 saturated carbocycles. The fourth-order valence-corrected chi connectivity index (χ4v) is 2.99. The van der Waals surface area contributed by atoms with Gasteiger partial charge in [-0.2, -0.15) is 0 Å². The second kappa shape index (κ2) is 9.14. The topological polar surface area (TPSA) is 88.1 Å². The molecule has 29 heavy (non-hydrogen) atoms. The molecule has 0 aliphatic carbocycles. The maximum absolute atomic E-state index is 12.8. The number of aliphatic imine (C=N–C) groups is 1. The molecule has 1 N–H and O–H groups in total. The number of unbranched alkanes of at least 4 members (excludes halogenated alkanes) is 1. The van der Waals surface area contributed by atoms with Crippen LogP contribution in [0.5, 0.6) is 5.75 Å². The number of carbonyl (C=O) groups is 3. The van der Waals surface area contributed by atoms with Crippen molar-refractivity contribution in [1.82, 2.24) is 5.32 Å². The van der Waals surface area contributed by atoms with Gasteiger partial charge in [-0.05, 0) is 54.8 Å². The van der Waals surface area contributed by atoms with E-state index in [4.69, 9.17) is 4.74 Å². The quantitative estimate of drug-likeness (QED) is 0.575. The Morgan fingerprint density at radius 2 is 1.76 bits per heavy atom. The van der Waals surface area contributed by atoms with Gasteiger partial charge in [0.05, 0.1) is 18.5 Å². The van der Waals surface area contributed by atoms with Crippen LogP contribution in [0.2, 0.25) is 0 Å². The van der Waals surface area contributed by atoms with E-state index >= 15 is 0 Å². The van der Waals surface area contributed by atoms with Gasteiger partial charge in [-0.15, -0.1) is 0 Å². The van der Waals surface area contributed by atoms with Crippen molar-refractivity contribution in [3.8, 4) is 5.75 Å². The highest BCUT2D eigenvalue weighted by atomic mass is 16.5. The summed E-state index contributed by atoms with van der Waals surface area (Å²) < 4.78 is 5.09. The van der Waals surface area contributed by atoms with Crippen molar-refractivity contribution in [3.05, 3.63) is 54.1 Å². The normalized spacial score (nSPS) is 17.0. The molecule has 0 unspecified atom stereocenters. The van der Waals surface area contributed by atoms with E-state index in [1.807, 2.05) is 24.3 Å². The molecule has 1 aliphatic heterocycles. The Bertz CT molecular complexity index is 920. The molecular formula is C22H23N3O4. The summed E-state index contributed by atoms with van der Waals surface area (Å²) in [6.07, 6.45) is 4.53. The van der Waals surface area contributed by atoms with Gasteiger partial charge in [0.25, 0.3) is 5.91 Å². The van der Waals surface area contributed by atoms with Gasteiger partial charge in [-0.3, -0.25) is 19.9 Å². The summed E-state index contributed by atoms with van der Waals surface area (Å²) in [6.45, 7) is 2.14. The van der Waals surface area contributed by atoms with Crippen molar-refractivity contribution in [1.29, 1.82) is 0 Å². The van der Waals surface area contributed by atoms with E-state index in [0.717, 1.165) is 24.2 Å². The number of anilines is 1. The summed E-state index contributed by atoms with van der Waals surface area (Å²) in [5.41, 5.74) is 2.20. The Labute approximate surface area is 169 Å². The number of nitrogens with zero attached hydrogens (tertiary/aromatic N) is 2. The van der Waals surface area contributed by atoms with Crippen LogP contribution in [0, 0.1) is 5.92 Å². The van der Waals surface area contributed by atoms with Crippen LogP contribution in [0.15, 0.2) is 53.5 Å². The Morgan fingerprint density at radius 1 is 1.07 bits per heavy atom. The third kappa shape index (κ3) is 4.68. The van der Waals surface area contributed by atoms with Crippen molar-refractivity contribution in [2.45, 2.75) is 26.2 Å². The molecule has 2 aromatic carbocycles. The van der Waals surface area contributed by atoms with Crippen molar-refractivity contribution in [2.24, 2.45) is 10.9 Å². The molecule has 4 amide bonds. The van der Waals surface area contributed by atoms with Gasteiger partial charge in [-0.1, -0.05) is 25.5 Å². The SMILES string of the molecule is CCCCc1ccc(N=C[C@@H]2C(=O)NC(=O)N(c3ccc(OC)cc3)C2=O)cc1. The second-order valence-corrected chi connectivity index (χ2v) is 6.69. The summed E-state index contributed by atoms with van der Waals surface area (Å²) in [5, 5.41) is 2.21. The monoisotopic (exact) mass is 393 g/mol. The molecule has 0 aromatic heterocycles. The predicted octanol–water partition coefficient (Wildman–Crippen LogP) is 3.64. The predicted molar refractivity (Wildman–Crippen MR) is 111 cm³/mol. The number of methoxy groups -OCH3 is 1. The highest BCUT2D eigenvalue weighted by Crippen LogP contribution is 2.23. The van der Waals surface area contributed by atoms with Crippen molar-refractivity contribution in [3.63, 3.8) is 0 Å². The van der Waals surface area contributed by atoms with E-state index in [2.05, 4.69) is 17.2 Å². The van der Waals surface area contributed by atoms with Crippen LogP contribution < -0.4 is 15.0 Å². The largest absolute Gasteiger partial charge is 0.497 e. The van der Waals surface area contributed by atoms with Crippen LogP contribution in [0.1, 0.15) is 25.3 Å². The first-order valence-corrected chi connectivity index (χ1v) is 9.49. The average molecular weight is 393 g/mol. The molecule has 150 valence electrons. The fourth-order valence-electron chi connectivity index (χ4n) is 2.99. The molecule has 7 nitrogen and oxygen atoms in total. The Hall–Kier alpha value is -3.48. The van der Waals surface area contributed by atoms with Gasteiger partial charge in [-0.25, -0.2) is 9.69 Å². The number of benzene rings is 2. The number of aryl methyl sites for hydroxylation is 1. The third-order valence-electron chi connectivity index (χ3n) is 4.66. The number of hydrogen-bond donors (Lipinski definition) is 1. The zero-order valence-corrected chi connectivity index (χ0v) is 16.4. The summed E-state index contributed by atoms with van der Waals surface area (Å²) in [7, 11) is 1.52. The number of hydrogen-bond acceptors (Lipinski definition) is 5. The number of nitrogens with one attached hydrogen (secondary N) is 1. The minimum absolute atomic E-state index is 0.347. The summed E-state index contributed by atoms with van der Waals surface area (Å²) in [4.78, 5) is 42.4. The number of imide groups is 2. The highest BCUT2D eigenvalue weighted by molar-refractivity contribution is 6.32. The van der Waals surface area contributed by atoms with E-state index in [1.54, 1.807) is 24.3 Å². The van der Waals surface area contributed by atoms with Crippen LogP contribution in [0.3, 0.4) is 0 Å². The van der Waals surface area contributed by atoms with Gasteiger partial charge >= 0.3 is 6.03 Å². The lowest BCUT2D eigenvalue weighted by Crippen LogP contribution is -2.58. The number of amides is 4. The van der Waals surface area contributed by atoms with E-state index in [-0.39, 0.29) is 0 Å². The Morgan fingerprint density at radius 3 is 2.38 bits per heavy atom. The standard InChI is InChI=1S/C22H23N3O4/c1-3-4-5-15-6-8-16(9-7-15)23-14-19-20(26)24-22(28)25(21(19)27)17-10-12-18(29-2)13-11-17/h6-14,19H,3-5H2,1-2H3,(H,24,26,28)/t19-/m1/s1. The smallest absolute Gasteiger partial charge is 0.335 e. The van der Waals surface area contributed by atoms with E-state index in [0.29, 0.717) is 17.1 Å². The van der Waals surface area contributed by atoms with Gasteiger partial charge in [0.2, 0.25) is 5.91 Å². The van der Waals surface area contributed by atoms with E-state index in [1.165, 1.54) is 18.9 Å². The van der Waals surface area contributed by atoms with Crippen molar-refractivity contribution >= 4 is 35.4 Å². The molecule has 1 saturated heterocycles. The lowest BCUT2D eigenvalue weighted by Gasteiger charge is -2.28. The van der Waals surface area contributed by atoms with Crippen molar-refractivity contribution in [2.75, 3.05) is 12.0 Å². The number of rotatable bonds is 7. The van der Waals surface area contributed by atoms with E-state index < -0.39 is 23.8 Å². The van der Waals surface area contributed by atoms with Crippen LogP contribution in [0.4, 0.5) is 16.2 Å². The van der Waals surface area contributed by atoms with Gasteiger partial charge < -0.3 is 4.74 Å². The number of urea groups is 1. The molecule has 1 aliphatic rings. The van der Waals surface area contributed by atoms with Gasteiger partial charge in [0.1, 0.15) is 5.75 Å². The average Bonchev–Trinajstić information content (AvgIpc) is 2.73. The molecule has 2 aromatic rings. The maximum atomic E-state index is 12.8. The van der Waals surface area contributed by atoms with Crippen LogP contribution >= 0.6 is 0 Å². The molecule has 0 radical (unpaired) electrons. The molecule has 1 fully saturated rings. The second-order valence-electron chi connectivity index (χ2n) is 6.69. The molecular weight excluding hydrogens is 370 g/mol. The lowest BCUT2D eigenvalue weighted by molar-refractivity contribution is -0.131. The maximum Gasteiger partial charge on any atom is 0.335 e. The van der Waals surface area contributed by atoms with Crippen LogP contribution in [-0.2, 0) is 16.0 Å². The molecule has 0 bridgehead atoms. The highest BCUT2D eigenvalue weighted by Gasteiger charge is 2.40.